The Kier molecular flexibility index (Phi) is 2.08. The van der Waals surface area contributed by atoms with Gasteiger partial charge in [0.05, 0.1) is 0 Å². The Morgan fingerprint density at radius 3 is 2.31 bits per heavy atom. The van der Waals surface area contributed by atoms with Crippen molar-refractivity contribution in [2.75, 3.05) is 0 Å². The van der Waals surface area contributed by atoms with Crippen LogP contribution < -0.4 is 0 Å². The molecule has 1 fully saturated rings. The van der Waals surface area contributed by atoms with Gasteiger partial charge in [-0.15, -0.1) is 0 Å². The predicted molar refractivity (Wildman–Crippen MR) is 27.0 cm³/mol. The van der Waals surface area contributed by atoms with Crippen molar-refractivity contribution in [3.63, 3.8) is 0 Å². The first-order valence-corrected chi connectivity index (χ1v) is 3.02. The molecule has 0 aromatic heterocycles. The minimum atomic E-state index is -4.98. The summed E-state index contributed by atoms with van der Waals surface area (Å²) < 4.78 is 66.7. The zero-order chi connectivity index (χ0) is 10.3. The molecule has 0 amide bonds. The molecule has 0 saturated carbocycles. The van der Waals surface area contributed by atoms with Gasteiger partial charge in [0, 0.05) is 0 Å². The van der Waals surface area contributed by atoms with Crippen LogP contribution in [0.25, 0.3) is 0 Å². The van der Waals surface area contributed by atoms with Crippen LogP contribution in [0.15, 0.2) is 0 Å². The highest BCUT2D eigenvalue weighted by Gasteiger charge is 2.59. The lowest BCUT2D eigenvalue weighted by molar-refractivity contribution is -0.228. The third-order valence-electron chi connectivity index (χ3n) is 1.23. The number of halogens is 5. The monoisotopic (exact) mass is 206 g/mol. The van der Waals surface area contributed by atoms with Crippen molar-refractivity contribution in [1.82, 2.24) is 0 Å². The average molecular weight is 206 g/mol. The van der Waals surface area contributed by atoms with Crippen LogP contribution in [0.1, 0.15) is 6.42 Å². The molecule has 0 aromatic carbocycles. The highest BCUT2D eigenvalue weighted by atomic mass is 19.4. The van der Waals surface area contributed by atoms with Gasteiger partial charge in [-0.3, -0.25) is 0 Å². The predicted octanol–water partition coefficient (Wildman–Crippen LogP) is 2.07. The number of hydrogen-bond acceptors (Lipinski definition) is 3. The van der Waals surface area contributed by atoms with Crippen molar-refractivity contribution in [3.8, 4) is 0 Å². The lowest BCUT2D eigenvalue weighted by Gasteiger charge is -2.18. The van der Waals surface area contributed by atoms with E-state index in [4.69, 9.17) is 0 Å². The Morgan fingerprint density at radius 1 is 1.46 bits per heavy atom. The van der Waals surface area contributed by atoms with Crippen LogP contribution in [0.2, 0.25) is 0 Å². The van der Waals surface area contributed by atoms with Gasteiger partial charge in [0.1, 0.15) is 6.42 Å². The number of carbonyl (C=O) groups excluding carboxylic acids is 1. The first-order chi connectivity index (χ1) is 5.73. The van der Waals surface area contributed by atoms with E-state index in [1.807, 2.05) is 0 Å². The number of alkyl halides is 5. The molecule has 0 aliphatic carbocycles. The zero-order valence-corrected chi connectivity index (χ0v) is 5.90. The molecule has 1 aliphatic rings. The first kappa shape index (κ1) is 10.0. The first-order valence-electron chi connectivity index (χ1n) is 3.02. The van der Waals surface area contributed by atoms with Gasteiger partial charge in [-0.05, 0) is 0 Å². The van der Waals surface area contributed by atoms with Crippen LogP contribution in [0.4, 0.5) is 26.7 Å². The fourth-order valence-corrected chi connectivity index (χ4v) is 0.771. The highest BCUT2D eigenvalue weighted by molar-refractivity contribution is 5.62. The summed E-state index contributed by atoms with van der Waals surface area (Å²) in [5.41, 5.74) is 0. The van der Waals surface area contributed by atoms with Crippen LogP contribution in [-0.2, 0) is 9.47 Å². The van der Waals surface area contributed by atoms with E-state index in [9.17, 15) is 26.7 Å². The van der Waals surface area contributed by atoms with E-state index in [0.717, 1.165) is 0 Å². The maximum absolute atomic E-state index is 12.8. The van der Waals surface area contributed by atoms with Crippen molar-refractivity contribution >= 4 is 6.16 Å². The van der Waals surface area contributed by atoms with Crippen molar-refractivity contribution in [2.45, 2.75) is 24.8 Å². The molecule has 76 valence electrons. The summed E-state index contributed by atoms with van der Waals surface area (Å²) in [5.74, 6) is -3.75. The molecule has 1 rings (SSSR count). The Bertz CT molecular complexity index is 227. The summed E-state index contributed by atoms with van der Waals surface area (Å²) >= 11 is 0. The SMILES string of the molecule is O=C1OC(F)C(F)(CC(F)(F)F)O1. The maximum atomic E-state index is 12.8. The zero-order valence-electron chi connectivity index (χ0n) is 5.90. The molecule has 0 radical (unpaired) electrons. The summed E-state index contributed by atoms with van der Waals surface area (Å²) in [5, 5.41) is 0. The van der Waals surface area contributed by atoms with Gasteiger partial charge in [-0.1, -0.05) is 0 Å². The Labute approximate surface area is 68.4 Å². The third-order valence-corrected chi connectivity index (χ3v) is 1.23. The van der Waals surface area contributed by atoms with Crippen molar-refractivity contribution in [1.29, 1.82) is 0 Å². The number of carbonyl (C=O) groups is 1. The Morgan fingerprint density at radius 2 is 2.00 bits per heavy atom. The molecule has 0 bridgehead atoms. The van der Waals surface area contributed by atoms with E-state index in [-0.39, 0.29) is 0 Å². The largest absolute Gasteiger partial charge is 0.514 e. The summed E-state index contributed by atoms with van der Waals surface area (Å²) in [6.07, 6.45) is -12.0. The quantitative estimate of drug-likeness (QED) is 0.486. The van der Waals surface area contributed by atoms with Crippen LogP contribution in [0, 0.1) is 0 Å². The van der Waals surface area contributed by atoms with Gasteiger partial charge in [0.2, 0.25) is 0 Å². The smallest absolute Gasteiger partial charge is 0.392 e. The van der Waals surface area contributed by atoms with E-state index < -0.39 is 31.0 Å². The van der Waals surface area contributed by atoms with Gasteiger partial charge in [0.25, 0.3) is 0 Å². The standard InChI is InChI=1S/C5H3F5O3/c6-2-4(7,1-5(8,9)10)13-3(11)12-2/h2H,1H2. The second-order valence-electron chi connectivity index (χ2n) is 2.36. The van der Waals surface area contributed by atoms with Crippen LogP contribution in [0.5, 0.6) is 0 Å². The maximum Gasteiger partial charge on any atom is 0.514 e. The molecular weight excluding hydrogens is 203 g/mol. The molecule has 2 unspecified atom stereocenters. The molecule has 0 spiro atoms. The van der Waals surface area contributed by atoms with Crippen molar-refractivity contribution in [2.24, 2.45) is 0 Å². The van der Waals surface area contributed by atoms with Gasteiger partial charge >= 0.3 is 24.5 Å². The lowest BCUT2D eigenvalue weighted by atomic mass is 10.2. The van der Waals surface area contributed by atoms with Crippen LogP contribution in [-0.4, -0.2) is 24.5 Å². The summed E-state index contributed by atoms with van der Waals surface area (Å²) in [6, 6.07) is 0. The molecule has 8 heteroatoms. The van der Waals surface area contributed by atoms with Gasteiger partial charge < -0.3 is 9.47 Å². The molecule has 1 saturated heterocycles. The normalized spacial score (nSPS) is 34.2. The fourth-order valence-electron chi connectivity index (χ4n) is 0.771. The highest BCUT2D eigenvalue weighted by Crippen LogP contribution is 2.39. The molecule has 0 aromatic rings. The Hall–Kier alpha value is -1.08. The molecular formula is C5H3F5O3. The Balaban J connectivity index is 2.71. The second kappa shape index (κ2) is 2.71. The second-order valence-corrected chi connectivity index (χ2v) is 2.36. The fraction of sp³-hybridized carbons (Fsp3) is 0.800. The average Bonchev–Trinajstić information content (AvgIpc) is 2.00. The van der Waals surface area contributed by atoms with Crippen LogP contribution in [0.3, 0.4) is 0 Å². The number of hydrogen-bond donors (Lipinski definition) is 0. The van der Waals surface area contributed by atoms with Crippen molar-refractivity contribution < 1.29 is 36.2 Å². The summed E-state index contributed by atoms with van der Waals surface area (Å²) in [7, 11) is 0. The van der Waals surface area contributed by atoms with Crippen molar-refractivity contribution in [3.05, 3.63) is 0 Å². The number of ether oxygens (including phenoxy) is 2. The molecule has 1 heterocycles. The van der Waals surface area contributed by atoms with Crippen LogP contribution >= 0.6 is 0 Å². The molecule has 1 aliphatic heterocycles. The summed E-state index contributed by atoms with van der Waals surface area (Å²) in [6.45, 7) is 0. The number of rotatable bonds is 1. The molecule has 0 N–H and O–H groups in total. The molecule has 2 atom stereocenters. The molecule has 3 nitrogen and oxygen atoms in total. The van der Waals surface area contributed by atoms with Gasteiger partial charge in [-0.2, -0.15) is 22.0 Å². The van der Waals surface area contributed by atoms with Gasteiger partial charge in [-0.25, -0.2) is 4.79 Å². The minimum absolute atomic E-state index is 1.79. The summed E-state index contributed by atoms with van der Waals surface area (Å²) in [4.78, 5) is 10.1. The molecule has 13 heavy (non-hydrogen) atoms. The lowest BCUT2D eigenvalue weighted by Crippen LogP contribution is -2.37. The van der Waals surface area contributed by atoms with E-state index in [0.29, 0.717) is 0 Å². The topological polar surface area (TPSA) is 35.5 Å². The van der Waals surface area contributed by atoms with E-state index in [1.165, 1.54) is 0 Å². The van der Waals surface area contributed by atoms with E-state index in [2.05, 4.69) is 9.47 Å². The number of cyclic esters (lactones) is 2. The van der Waals surface area contributed by atoms with E-state index in [1.54, 1.807) is 0 Å². The van der Waals surface area contributed by atoms with E-state index >= 15 is 0 Å². The third kappa shape index (κ3) is 2.19. The van der Waals surface area contributed by atoms with Gasteiger partial charge in [0.15, 0.2) is 0 Å². The minimum Gasteiger partial charge on any atom is -0.392 e.